The van der Waals surface area contributed by atoms with Crippen LogP contribution in [0.5, 0.6) is 0 Å². The third-order valence-corrected chi connectivity index (χ3v) is 5.22. The number of nitrogens with one attached hydrogen (secondary N) is 1. The number of anilines is 1. The fourth-order valence-corrected chi connectivity index (χ4v) is 3.98. The Bertz CT molecular complexity index is 678. The molecule has 1 atom stereocenters. The predicted octanol–water partition coefficient (Wildman–Crippen LogP) is 2.21. The minimum Gasteiger partial charge on any atom is -0.399 e. The van der Waals surface area contributed by atoms with Crippen LogP contribution in [0.4, 0.5) is 5.69 Å². The lowest BCUT2D eigenvalue weighted by Crippen LogP contribution is -2.28. The summed E-state index contributed by atoms with van der Waals surface area (Å²) in [6.45, 7) is 3.73. The van der Waals surface area contributed by atoms with Crippen molar-refractivity contribution in [2.75, 3.05) is 5.73 Å². The first kappa shape index (κ1) is 15.0. The van der Waals surface area contributed by atoms with Crippen molar-refractivity contribution >= 4 is 27.0 Å². The van der Waals surface area contributed by atoms with Gasteiger partial charge in [-0.1, -0.05) is 12.1 Å². The molecular weight excluding hydrogens is 294 g/mol. The Labute approximate surface area is 122 Å². The summed E-state index contributed by atoms with van der Waals surface area (Å²) in [5, 5.41) is 0.767. The van der Waals surface area contributed by atoms with Gasteiger partial charge < -0.3 is 5.73 Å². The van der Waals surface area contributed by atoms with Gasteiger partial charge in [0.1, 0.15) is 5.01 Å². The lowest BCUT2D eigenvalue weighted by molar-refractivity contribution is 0.565. The molecular formula is C13H17N3O2S2. The first-order valence-electron chi connectivity index (χ1n) is 6.12. The molecule has 108 valence electrons. The Morgan fingerprint density at radius 1 is 1.35 bits per heavy atom. The number of thiazole rings is 1. The normalized spacial score (nSPS) is 13.3. The highest BCUT2D eigenvalue weighted by Crippen LogP contribution is 2.20. The molecule has 0 amide bonds. The van der Waals surface area contributed by atoms with Crippen LogP contribution in [0.2, 0.25) is 0 Å². The topological polar surface area (TPSA) is 85.1 Å². The molecule has 0 fully saturated rings. The van der Waals surface area contributed by atoms with Crippen molar-refractivity contribution in [2.24, 2.45) is 0 Å². The molecule has 1 aromatic carbocycles. The van der Waals surface area contributed by atoms with Crippen LogP contribution in [0.25, 0.3) is 0 Å². The summed E-state index contributed by atoms with van der Waals surface area (Å²) in [7, 11) is -3.41. The van der Waals surface area contributed by atoms with Crippen molar-refractivity contribution in [3.63, 3.8) is 0 Å². The number of hydrogen-bond acceptors (Lipinski definition) is 5. The molecule has 2 aromatic rings. The Balaban J connectivity index is 2.05. The number of hydrogen-bond donors (Lipinski definition) is 2. The summed E-state index contributed by atoms with van der Waals surface area (Å²) in [6, 6.07) is 6.49. The zero-order chi connectivity index (χ0) is 14.8. The fraction of sp³-hybridized carbons (Fsp3) is 0.308. The Morgan fingerprint density at radius 2 is 2.00 bits per heavy atom. The Morgan fingerprint density at radius 3 is 2.55 bits per heavy atom. The van der Waals surface area contributed by atoms with Gasteiger partial charge in [-0.25, -0.2) is 18.1 Å². The molecule has 7 heteroatoms. The lowest BCUT2D eigenvalue weighted by Gasteiger charge is -2.12. The second kappa shape index (κ2) is 5.90. The van der Waals surface area contributed by atoms with Gasteiger partial charge in [-0.15, -0.1) is 11.3 Å². The number of benzene rings is 1. The average molecular weight is 311 g/mol. The van der Waals surface area contributed by atoms with Gasteiger partial charge in [-0.2, -0.15) is 0 Å². The third-order valence-electron chi connectivity index (χ3n) is 2.70. The van der Waals surface area contributed by atoms with E-state index in [1.807, 2.05) is 6.92 Å². The summed E-state index contributed by atoms with van der Waals surface area (Å²) in [5.74, 6) is -0.0675. The van der Waals surface area contributed by atoms with Gasteiger partial charge in [0.15, 0.2) is 0 Å². The Kier molecular flexibility index (Phi) is 4.42. The van der Waals surface area contributed by atoms with Gasteiger partial charge in [0.2, 0.25) is 10.0 Å². The van der Waals surface area contributed by atoms with Crippen molar-refractivity contribution in [3.8, 4) is 0 Å². The molecule has 20 heavy (non-hydrogen) atoms. The third kappa shape index (κ3) is 4.03. The smallest absolute Gasteiger partial charge is 0.216 e. The molecule has 1 aromatic heterocycles. The number of aromatic nitrogens is 1. The van der Waals surface area contributed by atoms with Crippen LogP contribution in [0, 0.1) is 6.92 Å². The SMILES string of the molecule is Cc1cnc(C(C)NS(=O)(=O)Cc2ccc(N)cc2)s1. The summed E-state index contributed by atoms with van der Waals surface area (Å²) in [5.41, 5.74) is 6.90. The maximum atomic E-state index is 12.1. The highest BCUT2D eigenvalue weighted by Gasteiger charge is 2.18. The van der Waals surface area contributed by atoms with Crippen LogP contribution in [0.1, 0.15) is 28.4 Å². The van der Waals surface area contributed by atoms with E-state index in [1.165, 1.54) is 11.3 Å². The maximum absolute atomic E-state index is 12.1. The molecule has 0 saturated heterocycles. The number of nitrogen functional groups attached to an aromatic ring is 1. The zero-order valence-electron chi connectivity index (χ0n) is 11.3. The van der Waals surface area contributed by atoms with Gasteiger partial charge in [0, 0.05) is 16.8 Å². The number of nitrogens with zero attached hydrogens (tertiary/aromatic N) is 1. The van der Waals surface area contributed by atoms with E-state index in [2.05, 4.69) is 9.71 Å². The standard InChI is InChI=1S/C13H17N3O2S2/c1-9-7-15-13(19-9)10(2)16-20(17,18)8-11-3-5-12(14)6-4-11/h3-7,10,16H,8,14H2,1-2H3. The summed E-state index contributed by atoms with van der Waals surface area (Å²) in [6.07, 6.45) is 1.74. The monoisotopic (exact) mass is 311 g/mol. The molecule has 0 aliphatic heterocycles. The van der Waals surface area contributed by atoms with E-state index >= 15 is 0 Å². The minimum absolute atomic E-state index is 0.0675. The van der Waals surface area contributed by atoms with Crippen molar-refractivity contribution < 1.29 is 8.42 Å². The molecule has 0 aliphatic carbocycles. The average Bonchev–Trinajstić information content (AvgIpc) is 2.78. The second-order valence-electron chi connectivity index (χ2n) is 4.65. The fourth-order valence-electron chi connectivity index (χ4n) is 1.77. The number of nitrogens with two attached hydrogens (primary N) is 1. The van der Waals surface area contributed by atoms with Crippen LogP contribution in [0.15, 0.2) is 30.5 Å². The van der Waals surface area contributed by atoms with E-state index in [4.69, 9.17) is 5.73 Å². The summed E-state index contributed by atoms with van der Waals surface area (Å²) in [4.78, 5) is 5.25. The van der Waals surface area contributed by atoms with Gasteiger partial charge in [0.25, 0.3) is 0 Å². The molecule has 0 bridgehead atoms. The zero-order valence-corrected chi connectivity index (χ0v) is 13.0. The number of sulfonamides is 1. The van der Waals surface area contributed by atoms with Crippen LogP contribution in [-0.2, 0) is 15.8 Å². The molecule has 0 aliphatic rings. The minimum atomic E-state index is -3.41. The maximum Gasteiger partial charge on any atom is 0.216 e. The van der Waals surface area contributed by atoms with Crippen LogP contribution < -0.4 is 10.5 Å². The molecule has 1 heterocycles. The van der Waals surface area contributed by atoms with Crippen molar-refractivity contribution in [1.82, 2.24) is 9.71 Å². The first-order chi connectivity index (χ1) is 9.35. The molecule has 5 nitrogen and oxygen atoms in total. The van der Waals surface area contributed by atoms with Crippen molar-refractivity contribution in [2.45, 2.75) is 25.6 Å². The van der Waals surface area contributed by atoms with E-state index in [-0.39, 0.29) is 11.8 Å². The van der Waals surface area contributed by atoms with Crippen LogP contribution in [-0.4, -0.2) is 13.4 Å². The van der Waals surface area contributed by atoms with Crippen LogP contribution in [0.3, 0.4) is 0 Å². The molecule has 0 saturated carbocycles. The van der Waals surface area contributed by atoms with E-state index in [0.29, 0.717) is 11.3 Å². The van der Waals surface area contributed by atoms with E-state index < -0.39 is 10.0 Å². The predicted molar refractivity (Wildman–Crippen MR) is 81.9 cm³/mol. The largest absolute Gasteiger partial charge is 0.399 e. The molecule has 2 rings (SSSR count). The quantitative estimate of drug-likeness (QED) is 0.829. The van der Waals surface area contributed by atoms with Gasteiger partial charge >= 0.3 is 0 Å². The summed E-state index contributed by atoms with van der Waals surface area (Å²) < 4.78 is 26.9. The van der Waals surface area contributed by atoms with E-state index in [1.54, 1.807) is 37.4 Å². The van der Waals surface area contributed by atoms with Crippen LogP contribution >= 0.6 is 11.3 Å². The highest BCUT2D eigenvalue weighted by atomic mass is 32.2. The summed E-state index contributed by atoms with van der Waals surface area (Å²) >= 11 is 1.49. The van der Waals surface area contributed by atoms with Gasteiger partial charge in [-0.3, -0.25) is 0 Å². The van der Waals surface area contributed by atoms with E-state index in [0.717, 1.165) is 9.88 Å². The van der Waals surface area contributed by atoms with Gasteiger partial charge in [0.05, 0.1) is 11.8 Å². The molecule has 1 unspecified atom stereocenters. The first-order valence-corrected chi connectivity index (χ1v) is 8.59. The number of aryl methyl sites for hydroxylation is 1. The molecule has 3 N–H and O–H groups in total. The second-order valence-corrected chi connectivity index (χ2v) is 7.67. The number of rotatable bonds is 5. The van der Waals surface area contributed by atoms with Crippen molar-refractivity contribution in [3.05, 3.63) is 45.9 Å². The van der Waals surface area contributed by atoms with Crippen molar-refractivity contribution in [1.29, 1.82) is 0 Å². The Hall–Kier alpha value is -1.44. The lowest BCUT2D eigenvalue weighted by atomic mass is 10.2. The molecule has 0 spiro atoms. The van der Waals surface area contributed by atoms with Gasteiger partial charge in [-0.05, 0) is 31.5 Å². The highest BCUT2D eigenvalue weighted by molar-refractivity contribution is 7.88. The van der Waals surface area contributed by atoms with E-state index in [9.17, 15) is 8.42 Å². The molecule has 0 radical (unpaired) electrons.